The Morgan fingerprint density at radius 1 is 1.26 bits per heavy atom. The van der Waals surface area contributed by atoms with Gasteiger partial charge in [0, 0.05) is 5.39 Å². The summed E-state index contributed by atoms with van der Waals surface area (Å²) < 4.78 is 5.20. The topological polar surface area (TPSA) is 73.1 Å². The third-order valence-electron chi connectivity index (χ3n) is 2.78. The first kappa shape index (κ1) is 11.9. The molecule has 0 spiro atoms. The van der Waals surface area contributed by atoms with E-state index in [1.165, 1.54) is 0 Å². The van der Waals surface area contributed by atoms with E-state index in [1.54, 1.807) is 18.4 Å². The van der Waals surface area contributed by atoms with Crippen molar-refractivity contribution in [1.29, 1.82) is 0 Å². The molecular formula is C13H12N4OS. The molecular weight excluding hydrogens is 260 g/mol. The van der Waals surface area contributed by atoms with Crippen LogP contribution in [0.3, 0.4) is 0 Å². The Bertz CT molecular complexity index is 712. The molecule has 0 aliphatic carbocycles. The van der Waals surface area contributed by atoms with E-state index in [4.69, 9.17) is 10.6 Å². The van der Waals surface area contributed by atoms with Crippen molar-refractivity contribution in [2.45, 2.75) is 0 Å². The van der Waals surface area contributed by atoms with Crippen LogP contribution in [0, 0.1) is 0 Å². The van der Waals surface area contributed by atoms with Gasteiger partial charge in [-0.25, -0.2) is 15.8 Å². The van der Waals surface area contributed by atoms with Gasteiger partial charge in [0.05, 0.1) is 17.5 Å². The third-order valence-corrected chi connectivity index (χ3v) is 3.65. The number of fused-ring (bicyclic) bond motifs is 1. The molecule has 0 aliphatic rings. The van der Waals surface area contributed by atoms with E-state index in [0.717, 1.165) is 21.5 Å². The second-order valence-corrected chi connectivity index (χ2v) is 4.85. The highest BCUT2D eigenvalue weighted by Crippen LogP contribution is 2.29. The number of aromatic nitrogens is 2. The molecule has 0 saturated carbocycles. The van der Waals surface area contributed by atoms with Crippen LogP contribution in [0.4, 0.5) is 5.82 Å². The fourth-order valence-corrected chi connectivity index (χ4v) is 2.52. The molecule has 3 N–H and O–H groups in total. The van der Waals surface area contributed by atoms with Crippen LogP contribution < -0.4 is 16.0 Å². The molecule has 0 atom stereocenters. The first-order valence-corrected chi connectivity index (χ1v) is 6.56. The normalized spacial score (nSPS) is 10.6. The highest BCUT2D eigenvalue weighted by molar-refractivity contribution is 7.13. The standard InChI is InChI=1S/C13H12N4OS/c1-18-8-4-5-10-9(7-8)12(17-14)16-13(15-10)11-3-2-6-19-11/h2-7H,14H2,1H3,(H,15,16,17). The highest BCUT2D eigenvalue weighted by atomic mass is 32.1. The number of hydrazine groups is 1. The lowest BCUT2D eigenvalue weighted by atomic mass is 10.2. The van der Waals surface area contributed by atoms with Gasteiger partial charge >= 0.3 is 0 Å². The van der Waals surface area contributed by atoms with Gasteiger partial charge < -0.3 is 10.2 Å². The number of nitrogens with one attached hydrogen (secondary N) is 1. The van der Waals surface area contributed by atoms with Crippen molar-refractivity contribution in [2.75, 3.05) is 12.5 Å². The number of hydrogen-bond donors (Lipinski definition) is 2. The Balaban J connectivity index is 2.24. The number of hydrogen-bond acceptors (Lipinski definition) is 6. The molecule has 19 heavy (non-hydrogen) atoms. The predicted molar refractivity (Wildman–Crippen MR) is 77.2 cm³/mol. The molecule has 0 radical (unpaired) electrons. The van der Waals surface area contributed by atoms with E-state index < -0.39 is 0 Å². The maximum atomic E-state index is 5.55. The van der Waals surface area contributed by atoms with Crippen molar-refractivity contribution in [1.82, 2.24) is 9.97 Å². The lowest BCUT2D eigenvalue weighted by Gasteiger charge is -2.08. The van der Waals surface area contributed by atoms with Crippen LogP contribution in [0.2, 0.25) is 0 Å². The van der Waals surface area contributed by atoms with Crippen LogP contribution in [0.5, 0.6) is 5.75 Å². The smallest absolute Gasteiger partial charge is 0.172 e. The Kier molecular flexibility index (Phi) is 3.02. The van der Waals surface area contributed by atoms with Gasteiger partial charge in [-0.05, 0) is 29.6 Å². The molecule has 96 valence electrons. The Hall–Kier alpha value is -2.18. The van der Waals surface area contributed by atoms with E-state index >= 15 is 0 Å². The number of rotatable bonds is 3. The summed E-state index contributed by atoms with van der Waals surface area (Å²) in [7, 11) is 1.62. The second kappa shape index (κ2) is 4.83. The number of benzene rings is 1. The number of nitrogens with zero attached hydrogens (tertiary/aromatic N) is 2. The van der Waals surface area contributed by atoms with Crippen LogP contribution in [-0.4, -0.2) is 17.1 Å². The summed E-state index contributed by atoms with van der Waals surface area (Å²) in [5.74, 6) is 7.56. The zero-order chi connectivity index (χ0) is 13.2. The number of thiophene rings is 1. The fraction of sp³-hybridized carbons (Fsp3) is 0.0769. The van der Waals surface area contributed by atoms with Gasteiger partial charge in [0.1, 0.15) is 5.75 Å². The first-order chi connectivity index (χ1) is 9.31. The second-order valence-electron chi connectivity index (χ2n) is 3.90. The van der Waals surface area contributed by atoms with Crippen molar-refractivity contribution in [3.05, 3.63) is 35.7 Å². The van der Waals surface area contributed by atoms with Gasteiger partial charge in [0.2, 0.25) is 0 Å². The molecule has 0 bridgehead atoms. The van der Waals surface area contributed by atoms with E-state index in [1.807, 2.05) is 35.7 Å². The van der Waals surface area contributed by atoms with Crippen molar-refractivity contribution in [3.63, 3.8) is 0 Å². The van der Waals surface area contributed by atoms with Crippen LogP contribution in [-0.2, 0) is 0 Å². The highest BCUT2D eigenvalue weighted by Gasteiger charge is 2.10. The summed E-state index contributed by atoms with van der Waals surface area (Å²) in [6.45, 7) is 0. The van der Waals surface area contributed by atoms with Gasteiger partial charge in [0.15, 0.2) is 11.6 Å². The lowest BCUT2D eigenvalue weighted by molar-refractivity contribution is 0.415. The lowest BCUT2D eigenvalue weighted by Crippen LogP contribution is -2.10. The predicted octanol–water partition coefficient (Wildman–Crippen LogP) is 2.65. The van der Waals surface area contributed by atoms with E-state index in [9.17, 15) is 0 Å². The zero-order valence-corrected chi connectivity index (χ0v) is 11.1. The Labute approximate surface area is 114 Å². The van der Waals surface area contributed by atoms with Gasteiger partial charge in [-0.15, -0.1) is 11.3 Å². The summed E-state index contributed by atoms with van der Waals surface area (Å²) in [6, 6.07) is 9.58. The van der Waals surface area contributed by atoms with E-state index in [-0.39, 0.29) is 0 Å². The van der Waals surface area contributed by atoms with E-state index in [0.29, 0.717) is 11.6 Å². The Morgan fingerprint density at radius 3 is 2.84 bits per heavy atom. The summed E-state index contributed by atoms with van der Waals surface area (Å²) in [4.78, 5) is 10.0. The number of methoxy groups -OCH3 is 1. The molecule has 0 amide bonds. The summed E-state index contributed by atoms with van der Waals surface area (Å²) >= 11 is 1.59. The zero-order valence-electron chi connectivity index (χ0n) is 10.3. The molecule has 0 unspecified atom stereocenters. The molecule has 5 nitrogen and oxygen atoms in total. The quantitative estimate of drug-likeness (QED) is 0.566. The van der Waals surface area contributed by atoms with Gasteiger partial charge in [-0.1, -0.05) is 6.07 Å². The van der Waals surface area contributed by atoms with Crippen LogP contribution in [0.25, 0.3) is 21.6 Å². The average molecular weight is 272 g/mol. The number of nitrogens with two attached hydrogens (primary N) is 1. The summed E-state index contributed by atoms with van der Waals surface area (Å²) in [5, 5.41) is 2.83. The van der Waals surface area contributed by atoms with Gasteiger partial charge in [0.25, 0.3) is 0 Å². The molecule has 0 fully saturated rings. The molecule has 3 aromatic rings. The minimum absolute atomic E-state index is 0.590. The third kappa shape index (κ3) is 2.11. The maximum Gasteiger partial charge on any atom is 0.172 e. The van der Waals surface area contributed by atoms with Crippen molar-refractivity contribution in [3.8, 4) is 16.5 Å². The minimum atomic E-state index is 0.590. The molecule has 1 aromatic carbocycles. The molecule has 3 rings (SSSR count). The van der Waals surface area contributed by atoms with Crippen LogP contribution >= 0.6 is 11.3 Å². The van der Waals surface area contributed by atoms with Crippen LogP contribution in [0.15, 0.2) is 35.7 Å². The monoisotopic (exact) mass is 272 g/mol. The minimum Gasteiger partial charge on any atom is -0.497 e. The summed E-state index contributed by atoms with van der Waals surface area (Å²) in [5.41, 5.74) is 3.45. The molecule has 0 aliphatic heterocycles. The van der Waals surface area contributed by atoms with Crippen molar-refractivity contribution >= 4 is 28.1 Å². The fourth-order valence-electron chi connectivity index (χ4n) is 1.86. The largest absolute Gasteiger partial charge is 0.497 e. The SMILES string of the molecule is COc1ccc2nc(-c3cccs3)nc(NN)c2c1. The first-order valence-electron chi connectivity index (χ1n) is 5.68. The Morgan fingerprint density at radius 2 is 2.16 bits per heavy atom. The van der Waals surface area contributed by atoms with Crippen molar-refractivity contribution < 1.29 is 4.74 Å². The van der Waals surface area contributed by atoms with Crippen LogP contribution in [0.1, 0.15) is 0 Å². The summed E-state index contributed by atoms with van der Waals surface area (Å²) in [6.07, 6.45) is 0. The van der Waals surface area contributed by atoms with Gasteiger partial charge in [-0.2, -0.15) is 0 Å². The average Bonchev–Trinajstić information content (AvgIpc) is 2.99. The van der Waals surface area contributed by atoms with Crippen molar-refractivity contribution in [2.24, 2.45) is 5.84 Å². The number of anilines is 1. The molecule has 2 aromatic heterocycles. The van der Waals surface area contributed by atoms with E-state index in [2.05, 4.69) is 15.4 Å². The maximum absolute atomic E-state index is 5.55. The molecule has 2 heterocycles. The molecule has 0 saturated heterocycles. The molecule has 6 heteroatoms. The van der Waals surface area contributed by atoms with Gasteiger partial charge in [-0.3, -0.25) is 0 Å². The number of ether oxygens (including phenoxy) is 1. The number of nitrogen functional groups attached to an aromatic ring is 1.